The number of aryl methyl sites for hydroxylation is 2. The minimum absolute atomic E-state index is 0.0604. The maximum atomic E-state index is 12.3. The molecule has 0 amide bonds. The topological polar surface area (TPSA) is 83.5 Å². The molecule has 0 spiro atoms. The lowest BCUT2D eigenvalue weighted by atomic mass is 10.2. The first-order chi connectivity index (χ1) is 12.0. The molecule has 0 aromatic heterocycles. The van der Waals surface area contributed by atoms with Crippen LogP contribution in [-0.4, -0.2) is 35.2 Å². The van der Waals surface area contributed by atoms with Gasteiger partial charge < -0.3 is 0 Å². The SMILES string of the molecule is Cc1ccc(/C=C/S(=O)(=O)Nc2ccc(C)c(S(=O)(=O)N(C)C)c2)cc1. The molecule has 0 saturated carbocycles. The molecule has 0 aliphatic carbocycles. The highest BCUT2D eigenvalue weighted by Gasteiger charge is 2.20. The van der Waals surface area contributed by atoms with E-state index in [1.54, 1.807) is 13.0 Å². The Morgan fingerprint density at radius 2 is 1.54 bits per heavy atom. The molecule has 0 aliphatic rings. The zero-order chi connectivity index (χ0) is 19.5. The second-order valence-electron chi connectivity index (χ2n) is 6.13. The molecule has 140 valence electrons. The molecule has 0 radical (unpaired) electrons. The van der Waals surface area contributed by atoms with E-state index in [-0.39, 0.29) is 10.6 Å². The Balaban J connectivity index is 2.28. The Hall–Kier alpha value is -2.16. The van der Waals surface area contributed by atoms with E-state index < -0.39 is 20.0 Å². The summed E-state index contributed by atoms with van der Waals surface area (Å²) in [6.45, 7) is 3.61. The van der Waals surface area contributed by atoms with Crippen LogP contribution in [0.3, 0.4) is 0 Å². The lowest BCUT2D eigenvalue weighted by Gasteiger charge is -2.15. The van der Waals surface area contributed by atoms with Crippen LogP contribution in [0.1, 0.15) is 16.7 Å². The van der Waals surface area contributed by atoms with Crippen LogP contribution < -0.4 is 4.72 Å². The van der Waals surface area contributed by atoms with Crippen molar-refractivity contribution in [1.29, 1.82) is 0 Å². The van der Waals surface area contributed by atoms with Gasteiger partial charge in [-0.2, -0.15) is 0 Å². The highest BCUT2D eigenvalue weighted by Crippen LogP contribution is 2.23. The van der Waals surface area contributed by atoms with Gasteiger partial charge in [-0.3, -0.25) is 4.72 Å². The number of hydrogen-bond acceptors (Lipinski definition) is 4. The molecule has 2 aromatic carbocycles. The van der Waals surface area contributed by atoms with Gasteiger partial charge in [0.15, 0.2) is 0 Å². The Morgan fingerprint density at radius 1 is 0.923 bits per heavy atom. The number of rotatable bonds is 6. The van der Waals surface area contributed by atoms with Gasteiger partial charge >= 0.3 is 0 Å². The number of nitrogens with zero attached hydrogens (tertiary/aromatic N) is 1. The molecule has 6 nitrogen and oxygen atoms in total. The van der Waals surface area contributed by atoms with E-state index >= 15 is 0 Å². The lowest BCUT2D eigenvalue weighted by molar-refractivity contribution is 0.520. The molecule has 2 rings (SSSR count). The Morgan fingerprint density at radius 3 is 2.12 bits per heavy atom. The highest BCUT2D eigenvalue weighted by atomic mass is 32.2. The summed E-state index contributed by atoms with van der Waals surface area (Å²) in [6.07, 6.45) is 1.48. The van der Waals surface area contributed by atoms with Gasteiger partial charge in [0.1, 0.15) is 0 Å². The van der Waals surface area contributed by atoms with Crippen molar-refractivity contribution in [2.24, 2.45) is 0 Å². The summed E-state index contributed by atoms with van der Waals surface area (Å²) >= 11 is 0. The first-order valence-corrected chi connectivity index (χ1v) is 10.8. The van der Waals surface area contributed by atoms with Gasteiger partial charge in [0, 0.05) is 14.1 Å². The Kier molecular flexibility index (Phi) is 5.90. The normalized spacial score (nSPS) is 12.7. The Bertz CT molecular complexity index is 1020. The van der Waals surface area contributed by atoms with E-state index in [0.29, 0.717) is 5.56 Å². The lowest BCUT2D eigenvalue weighted by Crippen LogP contribution is -2.23. The molecular formula is C18H22N2O4S2. The largest absolute Gasteiger partial charge is 0.280 e. The zero-order valence-corrected chi connectivity index (χ0v) is 16.7. The van der Waals surface area contributed by atoms with Gasteiger partial charge in [0.05, 0.1) is 16.0 Å². The standard InChI is InChI=1S/C18H22N2O4S2/c1-14-5-8-16(9-6-14)11-12-25(21,22)19-17-10-7-15(2)18(13-17)26(23,24)20(3)4/h5-13,19H,1-4H3/b12-11+. The van der Waals surface area contributed by atoms with Crippen molar-refractivity contribution >= 4 is 31.8 Å². The average molecular weight is 395 g/mol. The van der Waals surface area contributed by atoms with E-state index in [9.17, 15) is 16.8 Å². The monoisotopic (exact) mass is 394 g/mol. The van der Waals surface area contributed by atoms with E-state index in [4.69, 9.17) is 0 Å². The molecule has 0 unspecified atom stereocenters. The van der Waals surface area contributed by atoms with Crippen molar-refractivity contribution in [3.05, 3.63) is 64.6 Å². The maximum Gasteiger partial charge on any atom is 0.255 e. The third kappa shape index (κ3) is 4.94. The average Bonchev–Trinajstić information content (AvgIpc) is 2.55. The first kappa shape index (κ1) is 20.2. The second kappa shape index (κ2) is 7.61. The smallest absolute Gasteiger partial charge is 0.255 e. The summed E-state index contributed by atoms with van der Waals surface area (Å²) in [6, 6.07) is 11.8. The van der Waals surface area contributed by atoms with Crippen molar-refractivity contribution in [2.75, 3.05) is 18.8 Å². The van der Waals surface area contributed by atoms with Gasteiger partial charge in [0.2, 0.25) is 10.0 Å². The fourth-order valence-electron chi connectivity index (χ4n) is 2.18. The molecule has 0 heterocycles. The third-order valence-electron chi connectivity index (χ3n) is 3.72. The van der Waals surface area contributed by atoms with Crippen LogP contribution in [-0.2, 0) is 20.0 Å². The molecule has 0 fully saturated rings. The molecule has 26 heavy (non-hydrogen) atoms. The van der Waals surface area contributed by atoms with E-state index in [2.05, 4.69) is 4.72 Å². The predicted octanol–water partition coefficient (Wildman–Crippen LogP) is 2.97. The molecule has 0 atom stereocenters. The fourth-order valence-corrected chi connectivity index (χ4v) is 4.19. The quantitative estimate of drug-likeness (QED) is 0.816. The van der Waals surface area contributed by atoms with Gasteiger partial charge in [-0.25, -0.2) is 21.1 Å². The molecule has 0 bridgehead atoms. The summed E-state index contributed by atoms with van der Waals surface area (Å²) in [5.41, 5.74) is 2.56. The third-order valence-corrected chi connectivity index (χ3v) is 6.70. The molecule has 1 N–H and O–H groups in total. The number of benzene rings is 2. The number of sulfonamides is 2. The molecule has 8 heteroatoms. The minimum Gasteiger partial charge on any atom is -0.280 e. The maximum absolute atomic E-state index is 12.3. The van der Waals surface area contributed by atoms with Crippen molar-refractivity contribution in [2.45, 2.75) is 18.7 Å². The van der Waals surface area contributed by atoms with Crippen molar-refractivity contribution < 1.29 is 16.8 Å². The summed E-state index contributed by atoms with van der Waals surface area (Å²) in [7, 11) is -4.59. The van der Waals surface area contributed by atoms with Crippen LogP contribution in [0, 0.1) is 13.8 Å². The Labute approximate surface area is 155 Å². The highest BCUT2D eigenvalue weighted by molar-refractivity contribution is 7.95. The van der Waals surface area contributed by atoms with Gasteiger partial charge in [-0.1, -0.05) is 35.9 Å². The van der Waals surface area contributed by atoms with E-state index in [1.165, 1.54) is 32.3 Å². The first-order valence-electron chi connectivity index (χ1n) is 7.82. The van der Waals surface area contributed by atoms with E-state index in [1.807, 2.05) is 31.2 Å². The van der Waals surface area contributed by atoms with Gasteiger partial charge in [-0.15, -0.1) is 0 Å². The summed E-state index contributed by atoms with van der Waals surface area (Å²) in [4.78, 5) is 0.0604. The fraction of sp³-hybridized carbons (Fsp3) is 0.222. The number of anilines is 1. The van der Waals surface area contributed by atoms with Crippen LogP contribution in [0.15, 0.2) is 52.8 Å². The van der Waals surface area contributed by atoms with Crippen LogP contribution in [0.4, 0.5) is 5.69 Å². The molecule has 0 saturated heterocycles. The van der Waals surface area contributed by atoms with Crippen molar-refractivity contribution in [1.82, 2.24) is 4.31 Å². The second-order valence-corrected chi connectivity index (χ2v) is 9.81. The van der Waals surface area contributed by atoms with E-state index in [0.717, 1.165) is 20.8 Å². The summed E-state index contributed by atoms with van der Waals surface area (Å²) < 4.78 is 52.7. The predicted molar refractivity (Wildman–Crippen MR) is 105 cm³/mol. The molecule has 0 aliphatic heterocycles. The van der Waals surface area contributed by atoms with Crippen LogP contribution in [0.25, 0.3) is 6.08 Å². The summed E-state index contributed by atoms with van der Waals surface area (Å²) in [5, 5.41) is 1.05. The molecule has 2 aromatic rings. The van der Waals surface area contributed by atoms with Gasteiger partial charge in [0.25, 0.3) is 10.0 Å². The van der Waals surface area contributed by atoms with Crippen molar-refractivity contribution in [3.8, 4) is 0 Å². The van der Waals surface area contributed by atoms with Crippen LogP contribution >= 0.6 is 0 Å². The molecular weight excluding hydrogens is 372 g/mol. The van der Waals surface area contributed by atoms with Crippen molar-refractivity contribution in [3.63, 3.8) is 0 Å². The minimum atomic E-state index is -3.78. The van der Waals surface area contributed by atoms with Crippen LogP contribution in [0.5, 0.6) is 0 Å². The van der Waals surface area contributed by atoms with Gasteiger partial charge in [-0.05, 0) is 43.2 Å². The zero-order valence-electron chi connectivity index (χ0n) is 15.1. The summed E-state index contributed by atoms with van der Waals surface area (Å²) in [5.74, 6) is 0. The number of nitrogens with one attached hydrogen (secondary N) is 1. The van der Waals surface area contributed by atoms with Crippen LogP contribution in [0.2, 0.25) is 0 Å². The number of hydrogen-bond donors (Lipinski definition) is 1.